The average molecular weight is 267 g/mol. The lowest BCUT2D eigenvalue weighted by molar-refractivity contribution is -0.384. The van der Waals surface area contributed by atoms with E-state index in [0.29, 0.717) is 18.1 Å². The van der Waals surface area contributed by atoms with E-state index in [9.17, 15) is 10.1 Å². The van der Waals surface area contributed by atoms with Gasteiger partial charge in [-0.15, -0.1) is 0 Å². The van der Waals surface area contributed by atoms with Crippen molar-refractivity contribution in [2.24, 2.45) is 5.73 Å². The van der Waals surface area contributed by atoms with Gasteiger partial charge in [0, 0.05) is 18.6 Å². The Labute approximate surface area is 112 Å². The average Bonchev–Trinajstić information content (AvgIpc) is 2.68. The maximum atomic E-state index is 11.2. The number of aryl methyl sites for hydroxylation is 2. The minimum Gasteiger partial charge on any atom is -0.362 e. The van der Waals surface area contributed by atoms with Gasteiger partial charge in [-0.25, -0.2) is 4.68 Å². The monoisotopic (exact) mass is 267 g/mol. The van der Waals surface area contributed by atoms with E-state index >= 15 is 0 Å². The van der Waals surface area contributed by atoms with Gasteiger partial charge in [-0.2, -0.15) is 5.10 Å². The molecule has 3 N–H and O–H groups in total. The fourth-order valence-electron chi connectivity index (χ4n) is 2.62. The molecule has 1 heterocycles. The van der Waals surface area contributed by atoms with E-state index in [1.54, 1.807) is 11.6 Å². The number of nitro groups is 1. The fraction of sp³-hybridized carbons (Fsp3) is 0.750. The van der Waals surface area contributed by atoms with Crippen LogP contribution in [0.3, 0.4) is 0 Å². The lowest BCUT2D eigenvalue weighted by atomic mass is 9.92. The highest BCUT2D eigenvalue weighted by Crippen LogP contribution is 2.31. The van der Waals surface area contributed by atoms with Crippen molar-refractivity contribution in [1.82, 2.24) is 9.78 Å². The Bertz CT molecular complexity index is 463. The van der Waals surface area contributed by atoms with Gasteiger partial charge in [0.05, 0.1) is 4.92 Å². The Morgan fingerprint density at radius 3 is 2.63 bits per heavy atom. The van der Waals surface area contributed by atoms with Crippen LogP contribution in [0.25, 0.3) is 0 Å². The molecule has 19 heavy (non-hydrogen) atoms. The van der Waals surface area contributed by atoms with E-state index in [-0.39, 0.29) is 22.7 Å². The predicted molar refractivity (Wildman–Crippen MR) is 73.1 cm³/mol. The summed E-state index contributed by atoms with van der Waals surface area (Å²) in [6.07, 6.45) is 3.83. The van der Waals surface area contributed by atoms with Crippen molar-refractivity contribution in [3.8, 4) is 0 Å². The lowest BCUT2D eigenvalue weighted by Gasteiger charge is -2.27. The summed E-state index contributed by atoms with van der Waals surface area (Å²) >= 11 is 0. The molecule has 0 radical (unpaired) electrons. The predicted octanol–water partition coefficient (Wildman–Crippen LogP) is 1.80. The molecular weight excluding hydrogens is 246 g/mol. The first kappa shape index (κ1) is 13.8. The third-order valence-electron chi connectivity index (χ3n) is 3.69. The second-order valence-electron chi connectivity index (χ2n) is 5.11. The summed E-state index contributed by atoms with van der Waals surface area (Å²) in [5.74, 6) is 0.533. The van der Waals surface area contributed by atoms with Crippen LogP contribution in [-0.4, -0.2) is 26.8 Å². The zero-order chi connectivity index (χ0) is 14.0. The van der Waals surface area contributed by atoms with Crippen LogP contribution in [0.15, 0.2) is 0 Å². The van der Waals surface area contributed by atoms with Crippen molar-refractivity contribution in [1.29, 1.82) is 0 Å². The van der Waals surface area contributed by atoms with Crippen LogP contribution in [0.4, 0.5) is 11.5 Å². The molecule has 106 valence electrons. The molecule has 2 rings (SSSR count). The molecule has 0 amide bonds. The van der Waals surface area contributed by atoms with Crippen LogP contribution >= 0.6 is 0 Å². The van der Waals surface area contributed by atoms with Crippen LogP contribution in [0.5, 0.6) is 0 Å². The maximum absolute atomic E-state index is 11.2. The highest BCUT2D eigenvalue weighted by molar-refractivity contribution is 5.60. The number of anilines is 1. The quantitative estimate of drug-likeness (QED) is 0.640. The van der Waals surface area contributed by atoms with Crippen molar-refractivity contribution < 1.29 is 4.92 Å². The number of hydrogen-bond acceptors (Lipinski definition) is 5. The topological polar surface area (TPSA) is 99.0 Å². The van der Waals surface area contributed by atoms with E-state index in [1.807, 2.05) is 6.92 Å². The van der Waals surface area contributed by atoms with Gasteiger partial charge in [0.25, 0.3) is 0 Å². The molecule has 0 spiro atoms. The number of nitrogens with one attached hydrogen (secondary N) is 1. The van der Waals surface area contributed by atoms with Crippen molar-refractivity contribution in [3.05, 3.63) is 15.8 Å². The minimum absolute atomic E-state index is 0.0942. The molecule has 7 nitrogen and oxygen atoms in total. The first-order valence-electron chi connectivity index (χ1n) is 6.76. The number of nitrogens with two attached hydrogens (primary N) is 1. The summed E-state index contributed by atoms with van der Waals surface area (Å²) in [6, 6.07) is 0.519. The second-order valence-corrected chi connectivity index (χ2v) is 5.11. The Kier molecular flexibility index (Phi) is 4.04. The first-order chi connectivity index (χ1) is 9.02. The number of hydrogen-bond donors (Lipinski definition) is 2. The third kappa shape index (κ3) is 2.86. The first-order valence-corrected chi connectivity index (χ1v) is 6.76. The van der Waals surface area contributed by atoms with E-state index in [2.05, 4.69) is 10.4 Å². The normalized spacial score (nSPS) is 23.3. The van der Waals surface area contributed by atoms with E-state index in [1.165, 1.54) is 0 Å². The smallest absolute Gasteiger partial charge is 0.333 e. The molecule has 1 aromatic heterocycles. The highest BCUT2D eigenvalue weighted by atomic mass is 16.6. The standard InChI is InChI=1S/C12H21N5O2/c1-3-16-12(11(17(18)19)8(2)15-16)14-10-6-4-9(13)5-7-10/h9-10,14H,3-7,13H2,1-2H3. The van der Waals surface area contributed by atoms with Crippen molar-refractivity contribution in [3.63, 3.8) is 0 Å². The van der Waals surface area contributed by atoms with Gasteiger partial charge in [0.15, 0.2) is 0 Å². The molecule has 0 aliphatic heterocycles. The van der Waals surface area contributed by atoms with E-state index < -0.39 is 0 Å². The minimum atomic E-state index is -0.356. The fourth-order valence-corrected chi connectivity index (χ4v) is 2.62. The highest BCUT2D eigenvalue weighted by Gasteiger charge is 2.28. The molecule has 1 saturated carbocycles. The summed E-state index contributed by atoms with van der Waals surface area (Å²) in [5.41, 5.74) is 6.43. The molecule has 1 aliphatic rings. The Hall–Kier alpha value is -1.63. The zero-order valence-electron chi connectivity index (χ0n) is 11.4. The van der Waals surface area contributed by atoms with E-state index in [0.717, 1.165) is 25.7 Å². The van der Waals surface area contributed by atoms with E-state index in [4.69, 9.17) is 5.73 Å². The van der Waals surface area contributed by atoms with Crippen LogP contribution in [-0.2, 0) is 6.54 Å². The SMILES string of the molecule is CCn1nc(C)c([N+](=O)[O-])c1NC1CCC(N)CC1. The van der Waals surface area contributed by atoms with Crippen LogP contribution in [0, 0.1) is 17.0 Å². The van der Waals surface area contributed by atoms with Crippen LogP contribution in [0.1, 0.15) is 38.3 Å². The summed E-state index contributed by atoms with van der Waals surface area (Å²) < 4.78 is 1.67. The number of nitrogens with zero attached hydrogens (tertiary/aromatic N) is 3. The lowest BCUT2D eigenvalue weighted by Crippen LogP contribution is -2.33. The van der Waals surface area contributed by atoms with Gasteiger partial charge >= 0.3 is 5.69 Å². The van der Waals surface area contributed by atoms with Gasteiger partial charge in [-0.05, 0) is 39.5 Å². The zero-order valence-corrected chi connectivity index (χ0v) is 11.4. The largest absolute Gasteiger partial charge is 0.362 e. The summed E-state index contributed by atoms with van der Waals surface area (Å²) in [7, 11) is 0. The molecule has 0 bridgehead atoms. The maximum Gasteiger partial charge on any atom is 0.333 e. The Balaban J connectivity index is 2.21. The van der Waals surface area contributed by atoms with Gasteiger partial charge in [0.2, 0.25) is 5.82 Å². The van der Waals surface area contributed by atoms with Gasteiger partial charge < -0.3 is 11.1 Å². The van der Waals surface area contributed by atoms with Crippen molar-refractivity contribution in [2.75, 3.05) is 5.32 Å². The van der Waals surface area contributed by atoms with Gasteiger partial charge in [-0.1, -0.05) is 0 Å². The number of aromatic nitrogens is 2. The molecule has 0 atom stereocenters. The van der Waals surface area contributed by atoms with Gasteiger partial charge in [-0.3, -0.25) is 10.1 Å². The molecule has 1 aromatic rings. The molecule has 1 aliphatic carbocycles. The van der Waals surface area contributed by atoms with Gasteiger partial charge in [0.1, 0.15) is 5.69 Å². The third-order valence-corrected chi connectivity index (χ3v) is 3.69. The van der Waals surface area contributed by atoms with Crippen LogP contribution < -0.4 is 11.1 Å². The molecule has 1 fully saturated rings. The Morgan fingerprint density at radius 1 is 1.47 bits per heavy atom. The van der Waals surface area contributed by atoms with Crippen molar-refractivity contribution >= 4 is 11.5 Å². The van der Waals surface area contributed by atoms with Crippen molar-refractivity contribution in [2.45, 2.75) is 58.2 Å². The summed E-state index contributed by atoms with van der Waals surface area (Å²) in [6.45, 7) is 4.22. The summed E-state index contributed by atoms with van der Waals surface area (Å²) in [4.78, 5) is 10.8. The summed E-state index contributed by atoms with van der Waals surface area (Å²) in [5, 5.41) is 18.7. The molecule has 7 heteroatoms. The van der Waals surface area contributed by atoms with Crippen LogP contribution in [0.2, 0.25) is 0 Å². The molecule has 0 aromatic carbocycles. The molecule has 0 unspecified atom stereocenters. The Morgan fingerprint density at radius 2 is 2.11 bits per heavy atom. The second kappa shape index (κ2) is 5.56. The molecule has 0 saturated heterocycles. The molecular formula is C12H21N5O2. The number of rotatable bonds is 4.